The quantitative estimate of drug-likeness (QED) is 0.810. The van der Waals surface area contributed by atoms with Crippen molar-refractivity contribution in [3.63, 3.8) is 0 Å². The molecule has 0 aliphatic rings. The van der Waals surface area contributed by atoms with Gasteiger partial charge in [0.15, 0.2) is 0 Å². The van der Waals surface area contributed by atoms with E-state index in [9.17, 15) is 9.59 Å². The number of aromatic nitrogens is 2. The first kappa shape index (κ1) is 17.7. The molecule has 0 saturated heterocycles. The van der Waals surface area contributed by atoms with Gasteiger partial charge in [-0.05, 0) is 37.6 Å². The van der Waals surface area contributed by atoms with Gasteiger partial charge in [-0.25, -0.2) is 9.48 Å². The molecule has 24 heavy (non-hydrogen) atoms. The third-order valence-corrected chi connectivity index (χ3v) is 3.81. The minimum absolute atomic E-state index is 0.0336. The van der Waals surface area contributed by atoms with Gasteiger partial charge in [-0.3, -0.25) is 4.79 Å². The van der Waals surface area contributed by atoms with Crippen molar-refractivity contribution >= 4 is 11.9 Å². The molecule has 0 bridgehead atoms. The molecule has 7 heteroatoms. The lowest BCUT2D eigenvalue weighted by atomic mass is 10.1. The number of carbonyl (C=O) groups excluding carboxylic acids is 1. The first-order valence-corrected chi connectivity index (χ1v) is 7.66. The Balaban J connectivity index is 2.16. The lowest BCUT2D eigenvalue weighted by molar-refractivity contribution is 0.0695. The van der Waals surface area contributed by atoms with Crippen LogP contribution in [0.4, 0.5) is 0 Å². The molecule has 1 aromatic carbocycles. The minimum atomic E-state index is -1.02. The van der Waals surface area contributed by atoms with E-state index in [4.69, 9.17) is 9.84 Å². The lowest BCUT2D eigenvalue weighted by Crippen LogP contribution is -2.37. The van der Waals surface area contributed by atoms with E-state index < -0.39 is 5.97 Å². The van der Waals surface area contributed by atoms with Crippen LogP contribution in [-0.4, -0.2) is 46.5 Å². The highest BCUT2D eigenvalue weighted by molar-refractivity contribution is 5.94. The average Bonchev–Trinajstić information content (AvgIpc) is 2.96. The monoisotopic (exact) mass is 331 g/mol. The molecule has 0 aliphatic heterocycles. The van der Waals surface area contributed by atoms with E-state index in [1.54, 1.807) is 38.3 Å². The highest BCUT2D eigenvalue weighted by Crippen LogP contribution is 2.15. The Morgan fingerprint density at radius 1 is 1.33 bits per heavy atom. The Hall–Kier alpha value is -2.67. The summed E-state index contributed by atoms with van der Waals surface area (Å²) in [5, 5.41) is 16.1. The Labute approximate surface area is 140 Å². The van der Waals surface area contributed by atoms with Gasteiger partial charge in [0.1, 0.15) is 5.56 Å². The topological polar surface area (TPSA) is 93.5 Å². The summed E-state index contributed by atoms with van der Waals surface area (Å²) in [4.78, 5) is 23.3. The smallest absolute Gasteiger partial charge is 0.339 e. The van der Waals surface area contributed by atoms with E-state index in [2.05, 4.69) is 10.4 Å². The number of nitrogens with one attached hydrogen (secondary N) is 1. The van der Waals surface area contributed by atoms with E-state index >= 15 is 0 Å². The highest BCUT2D eigenvalue weighted by Gasteiger charge is 2.15. The van der Waals surface area contributed by atoms with Crippen LogP contribution >= 0.6 is 0 Å². The second-order valence-corrected chi connectivity index (χ2v) is 5.44. The van der Waals surface area contributed by atoms with Crippen molar-refractivity contribution in [2.45, 2.75) is 26.3 Å². The fourth-order valence-electron chi connectivity index (χ4n) is 2.37. The molecule has 1 aromatic heterocycles. The predicted molar refractivity (Wildman–Crippen MR) is 88.7 cm³/mol. The third kappa shape index (κ3) is 3.80. The fraction of sp³-hybridized carbons (Fsp3) is 0.353. The van der Waals surface area contributed by atoms with Crippen LogP contribution in [0.5, 0.6) is 0 Å². The van der Waals surface area contributed by atoms with Crippen LogP contribution in [0.2, 0.25) is 0 Å². The van der Waals surface area contributed by atoms with Gasteiger partial charge in [0.05, 0.1) is 30.2 Å². The summed E-state index contributed by atoms with van der Waals surface area (Å²) in [5.41, 5.74) is 1.91. The molecule has 1 atom stereocenters. The number of aromatic carboxylic acids is 1. The third-order valence-electron chi connectivity index (χ3n) is 3.81. The van der Waals surface area contributed by atoms with Gasteiger partial charge in [-0.2, -0.15) is 5.10 Å². The molecule has 2 aromatic rings. The van der Waals surface area contributed by atoms with Crippen molar-refractivity contribution in [2.75, 3.05) is 13.7 Å². The van der Waals surface area contributed by atoms with Crippen LogP contribution in [0.15, 0.2) is 30.5 Å². The molecule has 2 rings (SSSR count). The lowest BCUT2D eigenvalue weighted by Gasteiger charge is -2.16. The number of amides is 1. The number of carboxylic acid groups (broad SMARTS) is 1. The van der Waals surface area contributed by atoms with E-state index in [1.807, 2.05) is 6.92 Å². The molecule has 0 saturated carbocycles. The Kier molecular flexibility index (Phi) is 5.70. The van der Waals surface area contributed by atoms with Gasteiger partial charge in [-0.15, -0.1) is 0 Å². The Morgan fingerprint density at radius 2 is 2.00 bits per heavy atom. The highest BCUT2D eigenvalue weighted by atomic mass is 16.5. The first-order valence-electron chi connectivity index (χ1n) is 7.66. The number of nitrogens with zero attached hydrogens (tertiary/aromatic N) is 2. The SMILES string of the molecule is CC[C@H](COC)NC(=O)c1ccc(-n2ncc(C(=O)O)c2C)cc1. The van der Waals surface area contributed by atoms with Crippen LogP contribution in [-0.2, 0) is 4.74 Å². The minimum Gasteiger partial charge on any atom is -0.478 e. The number of methoxy groups -OCH3 is 1. The molecule has 128 valence electrons. The number of ether oxygens (including phenoxy) is 1. The molecular formula is C17H21N3O4. The molecule has 7 nitrogen and oxygen atoms in total. The Morgan fingerprint density at radius 3 is 2.50 bits per heavy atom. The number of rotatable bonds is 7. The molecule has 0 unspecified atom stereocenters. The molecule has 0 radical (unpaired) electrons. The molecule has 1 heterocycles. The average molecular weight is 331 g/mol. The van der Waals surface area contributed by atoms with E-state index in [0.717, 1.165) is 6.42 Å². The summed E-state index contributed by atoms with van der Waals surface area (Å²) in [7, 11) is 1.60. The first-order chi connectivity index (χ1) is 11.5. The van der Waals surface area contributed by atoms with Gasteiger partial charge in [0.2, 0.25) is 0 Å². The van der Waals surface area contributed by atoms with Crippen LogP contribution in [0.1, 0.15) is 39.8 Å². The zero-order chi connectivity index (χ0) is 17.7. The van der Waals surface area contributed by atoms with Gasteiger partial charge < -0.3 is 15.2 Å². The predicted octanol–water partition coefficient (Wildman–Crippen LogP) is 2.03. The van der Waals surface area contributed by atoms with Crippen molar-refractivity contribution in [3.05, 3.63) is 47.3 Å². The number of carbonyl (C=O) groups is 2. The van der Waals surface area contributed by atoms with Gasteiger partial charge in [-0.1, -0.05) is 6.92 Å². The number of carboxylic acids is 1. The van der Waals surface area contributed by atoms with Crippen LogP contribution in [0.3, 0.4) is 0 Å². The standard InChI is InChI=1S/C17H21N3O4/c1-4-13(10-24-3)19-16(21)12-5-7-14(8-6-12)20-11(2)15(9-18-20)17(22)23/h5-9,13H,4,10H2,1-3H3,(H,19,21)(H,22,23)/t13-/m1/s1. The summed E-state index contributed by atoms with van der Waals surface area (Å²) in [6, 6.07) is 6.81. The maximum Gasteiger partial charge on any atom is 0.339 e. The fourth-order valence-corrected chi connectivity index (χ4v) is 2.37. The van der Waals surface area contributed by atoms with Crippen molar-refractivity contribution in [3.8, 4) is 5.69 Å². The van der Waals surface area contributed by atoms with E-state index in [-0.39, 0.29) is 17.5 Å². The second-order valence-electron chi connectivity index (χ2n) is 5.44. The maximum atomic E-state index is 12.2. The zero-order valence-corrected chi connectivity index (χ0v) is 13.9. The number of hydrogen-bond acceptors (Lipinski definition) is 4. The summed E-state index contributed by atoms with van der Waals surface area (Å²) in [6.45, 7) is 4.13. The summed E-state index contributed by atoms with van der Waals surface area (Å²) < 4.78 is 6.60. The van der Waals surface area contributed by atoms with E-state index in [1.165, 1.54) is 10.9 Å². The second kappa shape index (κ2) is 7.74. The van der Waals surface area contributed by atoms with Crippen molar-refractivity contribution in [2.24, 2.45) is 0 Å². The van der Waals surface area contributed by atoms with Gasteiger partial charge in [0.25, 0.3) is 5.91 Å². The molecule has 1 amide bonds. The summed E-state index contributed by atoms with van der Waals surface area (Å²) >= 11 is 0. The molecule has 0 fully saturated rings. The van der Waals surface area contributed by atoms with Crippen molar-refractivity contribution in [1.82, 2.24) is 15.1 Å². The van der Waals surface area contributed by atoms with Crippen LogP contribution in [0, 0.1) is 6.92 Å². The zero-order valence-electron chi connectivity index (χ0n) is 13.9. The van der Waals surface area contributed by atoms with Crippen molar-refractivity contribution in [1.29, 1.82) is 0 Å². The van der Waals surface area contributed by atoms with Gasteiger partial charge in [0, 0.05) is 12.7 Å². The largest absolute Gasteiger partial charge is 0.478 e. The molecular weight excluding hydrogens is 310 g/mol. The molecule has 2 N–H and O–H groups in total. The van der Waals surface area contributed by atoms with Crippen LogP contribution in [0.25, 0.3) is 5.69 Å². The van der Waals surface area contributed by atoms with Crippen molar-refractivity contribution < 1.29 is 19.4 Å². The van der Waals surface area contributed by atoms with Gasteiger partial charge >= 0.3 is 5.97 Å². The summed E-state index contributed by atoms with van der Waals surface area (Å²) in [6.07, 6.45) is 2.09. The molecule has 0 aliphatic carbocycles. The van der Waals surface area contributed by atoms with E-state index in [0.29, 0.717) is 23.6 Å². The summed E-state index contributed by atoms with van der Waals surface area (Å²) in [5.74, 6) is -1.19. The Bertz CT molecular complexity index is 722. The number of benzene rings is 1. The maximum absolute atomic E-state index is 12.2. The molecule has 0 spiro atoms. The van der Waals surface area contributed by atoms with Crippen LogP contribution < -0.4 is 5.32 Å². The number of hydrogen-bond donors (Lipinski definition) is 2. The normalized spacial score (nSPS) is 12.0.